The Morgan fingerprint density at radius 2 is 2.09 bits per heavy atom. The molecule has 0 amide bonds. The number of hydrogen-bond donors (Lipinski definition) is 1. The van der Waals surface area contributed by atoms with Crippen molar-refractivity contribution < 1.29 is 9.68 Å². The van der Waals surface area contributed by atoms with Crippen LogP contribution in [0.5, 0.6) is 0 Å². The molecule has 0 spiro atoms. The molecule has 11 heavy (non-hydrogen) atoms. The fourth-order valence-electron chi connectivity index (χ4n) is 0.745. The van der Waals surface area contributed by atoms with Gasteiger partial charge in [0, 0.05) is 13.0 Å². The minimum absolute atomic E-state index is 0.130. The number of nitrogens with zero attached hydrogens (tertiary/aromatic N) is 1. The first-order valence-electron chi connectivity index (χ1n) is 3.60. The fraction of sp³-hybridized carbons (Fsp3) is 0.444. The quantitative estimate of drug-likeness (QED) is 0.367. The molecule has 0 saturated heterocycles. The Morgan fingerprint density at radius 3 is 2.45 bits per heavy atom. The Labute approximate surface area is 68.2 Å². The summed E-state index contributed by atoms with van der Waals surface area (Å²) in [4.78, 5) is 0. The van der Waals surface area contributed by atoms with E-state index in [-0.39, 0.29) is 6.61 Å². The molecule has 62 valence electrons. The molecule has 0 radical (unpaired) electrons. The average Bonchev–Trinajstić information content (AvgIpc) is 1.86. The van der Waals surface area contributed by atoms with E-state index in [4.69, 9.17) is 5.11 Å². The monoisotopic (exact) mass is 154 g/mol. The highest BCUT2D eigenvalue weighted by Gasteiger charge is 2.01. The first-order valence-corrected chi connectivity index (χ1v) is 3.60. The van der Waals surface area contributed by atoms with Crippen LogP contribution >= 0.6 is 0 Å². The van der Waals surface area contributed by atoms with Crippen molar-refractivity contribution >= 4 is 6.72 Å². The molecule has 0 unspecified atom stereocenters. The molecular weight excluding hydrogens is 138 g/mol. The normalized spacial score (nSPS) is 11.4. The molecule has 0 aliphatic rings. The number of hydrogen-bond acceptors (Lipinski definition) is 1. The largest absolute Gasteiger partial charge is 0.390 e. The molecule has 0 fully saturated rings. The van der Waals surface area contributed by atoms with Crippen LogP contribution in [0.3, 0.4) is 0 Å². The minimum Gasteiger partial charge on any atom is -0.390 e. The maximum atomic E-state index is 8.59. The molecule has 0 rings (SSSR count). The van der Waals surface area contributed by atoms with Crippen molar-refractivity contribution in [3.63, 3.8) is 0 Å². The molecule has 0 atom stereocenters. The first-order chi connectivity index (χ1) is 5.07. The van der Waals surface area contributed by atoms with Crippen LogP contribution in [0, 0.1) is 0 Å². The third-order valence-electron chi connectivity index (χ3n) is 1.32. The van der Waals surface area contributed by atoms with Crippen LogP contribution in [-0.2, 0) is 0 Å². The Kier molecular flexibility index (Phi) is 4.46. The summed E-state index contributed by atoms with van der Waals surface area (Å²) in [5.74, 6) is 0. The lowest BCUT2D eigenvalue weighted by atomic mass is 10.3. The number of aliphatic hydroxyl groups is 1. The second-order valence-corrected chi connectivity index (χ2v) is 2.62. The van der Waals surface area contributed by atoms with Crippen molar-refractivity contribution in [1.82, 2.24) is 0 Å². The summed E-state index contributed by atoms with van der Waals surface area (Å²) >= 11 is 0. The third-order valence-corrected chi connectivity index (χ3v) is 1.32. The van der Waals surface area contributed by atoms with Gasteiger partial charge in [0.2, 0.25) is 0 Å². The van der Waals surface area contributed by atoms with E-state index in [0.29, 0.717) is 6.54 Å². The molecule has 0 aromatic carbocycles. The summed E-state index contributed by atoms with van der Waals surface area (Å²) < 4.78 is 1.74. The smallest absolute Gasteiger partial charge is 0.178 e. The summed E-state index contributed by atoms with van der Waals surface area (Å²) in [6, 6.07) is 0. The van der Waals surface area contributed by atoms with Gasteiger partial charge in [0.25, 0.3) is 0 Å². The number of rotatable bonds is 4. The summed E-state index contributed by atoms with van der Waals surface area (Å²) in [6.07, 6.45) is 1.93. The van der Waals surface area contributed by atoms with Crippen molar-refractivity contribution in [3.05, 3.63) is 23.9 Å². The van der Waals surface area contributed by atoms with Crippen LogP contribution in [-0.4, -0.2) is 29.6 Å². The van der Waals surface area contributed by atoms with Gasteiger partial charge in [-0.2, -0.15) is 0 Å². The van der Waals surface area contributed by atoms with Crippen molar-refractivity contribution in [2.24, 2.45) is 0 Å². The Hall–Kier alpha value is -0.890. The van der Waals surface area contributed by atoms with Gasteiger partial charge < -0.3 is 5.11 Å². The zero-order valence-corrected chi connectivity index (χ0v) is 7.30. The van der Waals surface area contributed by atoms with Crippen LogP contribution in [0.25, 0.3) is 0 Å². The molecule has 0 heterocycles. The Balaban J connectivity index is 4.12. The van der Waals surface area contributed by atoms with Crippen molar-refractivity contribution in [3.8, 4) is 0 Å². The van der Waals surface area contributed by atoms with E-state index in [2.05, 4.69) is 13.3 Å². The van der Waals surface area contributed by atoms with Crippen LogP contribution in [0.1, 0.15) is 13.8 Å². The van der Waals surface area contributed by atoms with E-state index in [1.54, 1.807) is 4.58 Å². The van der Waals surface area contributed by atoms with Crippen molar-refractivity contribution in [2.45, 2.75) is 13.8 Å². The summed E-state index contributed by atoms with van der Waals surface area (Å²) in [5.41, 5.74) is 2.01. The second-order valence-electron chi connectivity index (χ2n) is 2.62. The summed E-state index contributed by atoms with van der Waals surface area (Å²) in [7, 11) is 0. The van der Waals surface area contributed by atoms with Crippen LogP contribution < -0.4 is 0 Å². The molecule has 0 aromatic heterocycles. The lowest BCUT2D eigenvalue weighted by molar-refractivity contribution is -0.470. The highest BCUT2D eigenvalue weighted by molar-refractivity contribution is 5.20. The molecule has 0 aliphatic heterocycles. The molecule has 0 aliphatic carbocycles. The third kappa shape index (κ3) is 4.51. The lowest BCUT2D eigenvalue weighted by Gasteiger charge is -1.97. The number of aliphatic hydroxyl groups excluding tert-OH is 1. The Morgan fingerprint density at radius 1 is 1.55 bits per heavy atom. The van der Waals surface area contributed by atoms with Crippen LogP contribution in [0.2, 0.25) is 0 Å². The van der Waals surface area contributed by atoms with Gasteiger partial charge in [0.05, 0.1) is 0 Å². The van der Waals surface area contributed by atoms with Gasteiger partial charge >= 0.3 is 0 Å². The van der Waals surface area contributed by atoms with E-state index in [1.165, 1.54) is 0 Å². The fourth-order valence-corrected chi connectivity index (χ4v) is 0.745. The zero-order chi connectivity index (χ0) is 8.85. The van der Waals surface area contributed by atoms with E-state index in [0.717, 1.165) is 11.3 Å². The molecule has 0 saturated carbocycles. The Bertz CT molecular complexity index is 192. The standard InChI is InChI=1S/C9H16NO/c1-8(2)7-9(3)10(4)5-6-11/h7,11H,1,4-6H2,2-3H3/q+1/b9-7-. The van der Waals surface area contributed by atoms with E-state index >= 15 is 0 Å². The van der Waals surface area contributed by atoms with Gasteiger partial charge in [-0.3, -0.25) is 0 Å². The van der Waals surface area contributed by atoms with Crippen molar-refractivity contribution in [2.75, 3.05) is 13.2 Å². The van der Waals surface area contributed by atoms with Gasteiger partial charge in [-0.05, 0) is 6.92 Å². The van der Waals surface area contributed by atoms with Crippen LogP contribution in [0.4, 0.5) is 0 Å². The van der Waals surface area contributed by atoms with Crippen molar-refractivity contribution in [1.29, 1.82) is 0 Å². The second kappa shape index (κ2) is 4.85. The van der Waals surface area contributed by atoms with Crippen LogP contribution in [0.15, 0.2) is 23.9 Å². The SMILES string of the molecule is C=C(C)/C=C(/C)[N+](=C)CCO. The molecular formula is C9H16NO+. The van der Waals surface area contributed by atoms with Gasteiger partial charge in [0.1, 0.15) is 13.3 Å². The highest BCUT2D eigenvalue weighted by Crippen LogP contribution is 1.99. The number of allylic oxidation sites excluding steroid dienone is 3. The van der Waals surface area contributed by atoms with Gasteiger partial charge in [-0.15, -0.1) is 0 Å². The summed E-state index contributed by atoms with van der Waals surface area (Å²) in [5, 5.41) is 8.59. The molecule has 2 nitrogen and oxygen atoms in total. The highest BCUT2D eigenvalue weighted by atomic mass is 16.3. The molecule has 0 bridgehead atoms. The van der Waals surface area contributed by atoms with Gasteiger partial charge in [-0.25, -0.2) is 4.58 Å². The molecule has 1 N–H and O–H groups in total. The summed E-state index contributed by atoms with van der Waals surface area (Å²) in [6.45, 7) is 12.1. The average molecular weight is 154 g/mol. The molecule has 0 aromatic rings. The first kappa shape index (κ1) is 10.1. The predicted octanol–water partition coefficient (Wildman–Crippen LogP) is 1.17. The maximum Gasteiger partial charge on any atom is 0.178 e. The van der Waals surface area contributed by atoms with Gasteiger partial charge in [-0.1, -0.05) is 12.2 Å². The van der Waals surface area contributed by atoms with E-state index in [9.17, 15) is 0 Å². The minimum atomic E-state index is 0.130. The van der Waals surface area contributed by atoms with Gasteiger partial charge in [0.15, 0.2) is 12.2 Å². The lowest BCUT2D eigenvalue weighted by Crippen LogP contribution is -2.11. The maximum absolute atomic E-state index is 8.59. The topological polar surface area (TPSA) is 23.2 Å². The zero-order valence-electron chi connectivity index (χ0n) is 7.30. The van der Waals surface area contributed by atoms with E-state index in [1.807, 2.05) is 19.9 Å². The predicted molar refractivity (Wildman–Crippen MR) is 47.9 cm³/mol. The molecule has 2 heteroatoms. The van der Waals surface area contributed by atoms with E-state index < -0.39 is 0 Å².